The third-order valence-electron chi connectivity index (χ3n) is 5.78. The molecule has 6 nitrogen and oxygen atoms in total. The van der Waals surface area contributed by atoms with Crippen molar-refractivity contribution in [1.29, 1.82) is 0 Å². The molecule has 2 aromatic heterocycles. The number of aromatic amines is 1. The second-order valence-electron chi connectivity index (χ2n) is 7.37. The molecular formula is C22H21N3O3. The van der Waals surface area contributed by atoms with Gasteiger partial charge in [-0.2, -0.15) is 0 Å². The van der Waals surface area contributed by atoms with E-state index in [0.717, 1.165) is 18.4 Å². The lowest BCUT2D eigenvalue weighted by Crippen LogP contribution is -2.40. The second-order valence-corrected chi connectivity index (χ2v) is 7.37. The number of hydrogen-bond acceptors (Lipinski definition) is 3. The van der Waals surface area contributed by atoms with E-state index in [0.29, 0.717) is 30.1 Å². The van der Waals surface area contributed by atoms with Gasteiger partial charge in [-0.3, -0.25) is 9.36 Å². The van der Waals surface area contributed by atoms with Gasteiger partial charge < -0.3 is 14.3 Å². The fourth-order valence-corrected chi connectivity index (χ4v) is 4.27. The van der Waals surface area contributed by atoms with Gasteiger partial charge in [0, 0.05) is 30.2 Å². The number of nitrogens with zero attached hydrogens (tertiary/aromatic N) is 2. The van der Waals surface area contributed by atoms with E-state index in [1.807, 2.05) is 23.1 Å². The molecule has 1 amide bonds. The van der Waals surface area contributed by atoms with Crippen LogP contribution in [0.25, 0.3) is 22.0 Å². The van der Waals surface area contributed by atoms with Crippen LogP contribution in [0.15, 0.2) is 63.9 Å². The molecule has 0 unspecified atom stereocenters. The van der Waals surface area contributed by atoms with E-state index >= 15 is 0 Å². The van der Waals surface area contributed by atoms with E-state index in [4.69, 9.17) is 4.42 Å². The van der Waals surface area contributed by atoms with Gasteiger partial charge in [0.05, 0.1) is 5.52 Å². The summed E-state index contributed by atoms with van der Waals surface area (Å²) in [7, 11) is 0. The molecule has 0 saturated carbocycles. The minimum Gasteiger partial charge on any atom is -0.408 e. The van der Waals surface area contributed by atoms with E-state index in [1.165, 1.54) is 15.5 Å². The highest BCUT2D eigenvalue weighted by Gasteiger charge is 2.26. The van der Waals surface area contributed by atoms with Gasteiger partial charge in [-0.25, -0.2) is 4.79 Å². The lowest BCUT2D eigenvalue weighted by molar-refractivity contribution is -0.132. The molecule has 4 aromatic rings. The Hall–Kier alpha value is -3.28. The SMILES string of the molecule is O=C(Cn1c(=O)oc2ccccc21)N1CCC(c2c[nH]c3ccccc23)CC1. The highest BCUT2D eigenvalue weighted by Crippen LogP contribution is 2.33. The zero-order valence-electron chi connectivity index (χ0n) is 15.4. The summed E-state index contributed by atoms with van der Waals surface area (Å²) in [5.74, 6) is -0.0769. The van der Waals surface area contributed by atoms with E-state index < -0.39 is 5.76 Å². The molecule has 0 atom stereocenters. The molecule has 142 valence electrons. The van der Waals surface area contributed by atoms with Gasteiger partial charge in [-0.15, -0.1) is 0 Å². The molecule has 28 heavy (non-hydrogen) atoms. The van der Waals surface area contributed by atoms with Crippen molar-refractivity contribution >= 4 is 27.9 Å². The number of nitrogens with one attached hydrogen (secondary N) is 1. The molecule has 5 rings (SSSR count). The third kappa shape index (κ3) is 2.81. The first-order chi connectivity index (χ1) is 13.7. The zero-order valence-corrected chi connectivity index (χ0v) is 15.4. The number of carbonyl (C=O) groups excluding carboxylic acids is 1. The summed E-state index contributed by atoms with van der Waals surface area (Å²) in [6.45, 7) is 1.43. The average molecular weight is 375 g/mol. The Balaban J connectivity index is 1.29. The minimum absolute atomic E-state index is 0.0214. The number of para-hydroxylation sites is 3. The van der Waals surface area contributed by atoms with Crippen LogP contribution in [0.3, 0.4) is 0 Å². The molecule has 1 aliphatic rings. The van der Waals surface area contributed by atoms with Crippen LogP contribution in [-0.4, -0.2) is 33.4 Å². The van der Waals surface area contributed by atoms with Crippen LogP contribution in [-0.2, 0) is 11.3 Å². The predicted molar refractivity (Wildman–Crippen MR) is 107 cm³/mol. The molecule has 0 bridgehead atoms. The Bertz CT molecular complexity index is 1210. The lowest BCUT2D eigenvalue weighted by atomic mass is 9.89. The summed E-state index contributed by atoms with van der Waals surface area (Å²) in [6, 6.07) is 15.5. The molecular weight excluding hydrogens is 354 g/mol. The largest absolute Gasteiger partial charge is 0.420 e. The fourth-order valence-electron chi connectivity index (χ4n) is 4.27. The number of H-pyrrole nitrogens is 1. The second kappa shape index (κ2) is 6.71. The number of piperidine rings is 1. The quantitative estimate of drug-likeness (QED) is 0.596. The standard InChI is InChI=1S/C22H21N3O3/c26-21(14-25-19-7-3-4-8-20(19)28-22(25)27)24-11-9-15(10-12-24)17-13-23-18-6-2-1-5-16(17)18/h1-8,13,15,23H,9-12,14H2. The maximum Gasteiger partial charge on any atom is 0.420 e. The maximum absolute atomic E-state index is 12.8. The Morgan fingerprint density at radius 2 is 1.82 bits per heavy atom. The molecule has 1 saturated heterocycles. The number of benzene rings is 2. The number of amides is 1. The fraction of sp³-hybridized carbons (Fsp3) is 0.273. The van der Waals surface area contributed by atoms with Crippen LogP contribution in [0.1, 0.15) is 24.3 Å². The van der Waals surface area contributed by atoms with Gasteiger partial charge >= 0.3 is 5.76 Å². The summed E-state index contributed by atoms with van der Waals surface area (Å²) < 4.78 is 6.65. The number of likely N-dealkylation sites (tertiary alicyclic amines) is 1. The molecule has 0 spiro atoms. The minimum atomic E-state index is -0.483. The molecule has 0 radical (unpaired) electrons. The van der Waals surface area contributed by atoms with Gasteiger partial charge in [0.2, 0.25) is 5.91 Å². The van der Waals surface area contributed by atoms with Gasteiger partial charge in [0.25, 0.3) is 0 Å². The topological polar surface area (TPSA) is 71.2 Å². The molecule has 0 aliphatic carbocycles. The smallest absolute Gasteiger partial charge is 0.408 e. The third-order valence-corrected chi connectivity index (χ3v) is 5.78. The first kappa shape index (κ1) is 16.9. The van der Waals surface area contributed by atoms with Gasteiger partial charge in [-0.05, 0) is 42.5 Å². The highest BCUT2D eigenvalue weighted by atomic mass is 16.4. The Labute approximate surface area is 161 Å². The van der Waals surface area contributed by atoms with Crippen LogP contribution < -0.4 is 5.76 Å². The number of oxazole rings is 1. The highest BCUT2D eigenvalue weighted by molar-refractivity contribution is 5.84. The van der Waals surface area contributed by atoms with Crippen molar-refractivity contribution in [1.82, 2.24) is 14.5 Å². The molecule has 1 aliphatic heterocycles. The van der Waals surface area contributed by atoms with Crippen molar-refractivity contribution in [2.75, 3.05) is 13.1 Å². The van der Waals surface area contributed by atoms with Gasteiger partial charge in [-0.1, -0.05) is 30.3 Å². The van der Waals surface area contributed by atoms with Crippen LogP contribution in [0.4, 0.5) is 0 Å². The molecule has 1 fully saturated rings. The van der Waals surface area contributed by atoms with E-state index in [-0.39, 0.29) is 12.5 Å². The first-order valence-corrected chi connectivity index (χ1v) is 9.63. The Morgan fingerprint density at radius 1 is 1.07 bits per heavy atom. The van der Waals surface area contributed by atoms with Crippen molar-refractivity contribution in [2.45, 2.75) is 25.3 Å². The van der Waals surface area contributed by atoms with Crippen molar-refractivity contribution in [3.05, 3.63) is 70.8 Å². The van der Waals surface area contributed by atoms with Crippen LogP contribution in [0.2, 0.25) is 0 Å². The maximum atomic E-state index is 12.8. The summed E-state index contributed by atoms with van der Waals surface area (Å²) in [5, 5.41) is 1.27. The van der Waals surface area contributed by atoms with Crippen molar-refractivity contribution in [3.63, 3.8) is 0 Å². The summed E-state index contributed by atoms with van der Waals surface area (Å²) in [6.07, 6.45) is 3.95. The normalized spacial score (nSPS) is 15.5. The molecule has 1 N–H and O–H groups in total. The Morgan fingerprint density at radius 3 is 2.68 bits per heavy atom. The molecule has 3 heterocycles. The average Bonchev–Trinajstić information content (AvgIpc) is 3.29. The van der Waals surface area contributed by atoms with Crippen LogP contribution >= 0.6 is 0 Å². The van der Waals surface area contributed by atoms with E-state index in [1.54, 1.807) is 12.1 Å². The summed E-state index contributed by atoms with van der Waals surface area (Å²) in [5.41, 5.74) is 3.66. The van der Waals surface area contributed by atoms with Crippen LogP contribution in [0.5, 0.6) is 0 Å². The number of hydrogen-bond donors (Lipinski definition) is 1. The zero-order chi connectivity index (χ0) is 19.1. The number of rotatable bonds is 3. The van der Waals surface area contributed by atoms with E-state index in [9.17, 15) is 9.59 Å². The molecule has 6 heteroatoms. The van der Waals surface area contributed by atoms with Crippen LogP contribution in [0, 0.1) is 0 Å². The number of aromatic nitrogens is 2. The number of carbonyl (C=O) groups is 1. The lowest BCUT2D eigenvalue weighted by Gasteiger charge is -2.32. The predicted octanol–water partition coefficient (Wildman–Crippen LogP) is 3.48. The van der Waals surface area contributed by atoms with Gasteiger partial charge in [0.15, 0.2) is 5.58 Å². The Kier molecular flexibility index (Phi) is 4.04. The van der Waals surface area contributed by atoms with E-state index in [2.05, 4.69) is 29.4 Å². The van der Waals surface area contributed by atoms with Crippen molar-refractivity contribution in [2.24, 2.45) is 0 Å². The van der Waals surface area contributed by atoms with Gasteiger partial charge in [0.1, 0.15) is 6.54 Å². The summed E-state index contributed by atoms with van der Waals surface area (Å²) >= 11 is 0. The monoisotopic (exact) mass is 375 g/mol. The summed E-state index contributed by atoms with van der Waals surface area (Å²) in [4.78, 5) is 30.1. The number of fused-ring (bicyclic) bond motifs is 2. The van der Waals surface area contributed by atoms with Crippen molar-refractivity contribution in [3.8, 4) is 0 Å². The van der Waals surface area contributed by atoms with Crippen molar-refractivity contribution < 1.29 is 9.21 Å². The first-order valence-electron chi connectivity index (χ1n) is 9.63. The molecule has 2 aromatic carbocycles.